The molecule has 4 heterocycles. The number of rotatable bonds is 2. The standard InChI is InChI=1S/C12H8N6S2/c19-11-9-5-13-7-17(9)10(6-15-11)20-12-8-1-2-16-18(8)4-3-14-12/h1-7H,(H,15,19). The molecule has 0 amide bonds. The highest BCUT2D eigenvalue weighted by molar-refractivity contribution is 7.99. The fourth-order valence-electron chi connectivity index (χ4n) is 2.00. The molecule has 0 aliphatic rings. The molecule has 0 bridgehead atoms. The van der Waals surface area contributed by atoms with Gasteiger partial charge in [0.15, 0.2) is 0 Å². The summed E-state index contributed by atoms with van der Waals surface area (Å²) in [6, 6.07) is 1.94. The fourth-order valence-corrected chi connectivity index (χ4v) is 3.15. The monoisotopic (exact) mass is 300 g/mol. The van der Waals surface area contributed by atoms with Crippen LogP contribution in [0.15, 0.2) is 53.4 Å². The van der Waals surface area contributed by atoms with E-state index in [1.807, 2.05) is 22.9 Å². The number of fused-ring (bicyclic) bond motifs is 2. The minimum atomic E-state index is 0.669. The molecule has 0 atom stereocenters. The van der Waals surface area contributed by atoms with Crippen LogP contribution < -0.4 is 0 Å². The van der Waals surface area contributed by atoms with Crippen LogP contribution in [0.4, 0.5) is 0 Å². The molecule has 0 saturated heterocycles. The molecule has 0 fully saturated rings. The molecule has 4 aromatic heterocycles. The lowest BCUT2D eigenvalue weighted by Gasteiger charge is -2.05. The van der Waals surface area contributed by atoms with Crippen molar-refractivity contribution < 1.29 is 0 Å². The highest BCUT2D eigenvalue weighted by Gasteiger charge is 2.09. The van der Waals surface area contributed by atoms with Crippen molar-refractivity contribution in [2.24, 2.45) is 0 Å². The van der Waals surface area contributed by atoms with Crippen molar-refractivity contribution in [3.8, 4) is 0 Å². The summed E-state index contributed by atoms with van der Waals surface area (Å²) in [4.78, 5) is 11.6. The maximum atomic E-state index is 5.24. The summed E-state index contributed by atoms with van der Waals surface area (Å²) in [5, 5.41) is 6.05. The normalized spacial score (nSPS) is 11.4. The van der Waals surface area contributed by atoms with Crippen LogP contribution in [-0.2, 0) is 0 Å². The van der Waals surface area contributed by atoms with Crippen LogP contribution in [-0.4, -0.2) is 29.0 Å². The van der Waals surface area contributed by atoms with Gasteiger partial charge in [0.1, 0.15) is 26.5 Å². The van der Waals surface area contributed by atoms with Gasteiger partial charge in [-0.05, 0) is 17.8 Å². The predicted molar refractivity (Wildman–Crippen MR) is 77.5 cm³/mol. The van der Waals surface area contributed by atoms with E-state index in [1.165, 1.54) is 11.8 Å². The molecule has 0 radical (unpaired) electrons. The van der Waals surface area contributed by atoms with Crippen LogP contribution in [0.25, 0.3) is 11.0 Å². The van der Waals surface area contributed by atoms with Crippen molar-refractivity contribution in [3.05, 3.63) is 48.0 Å². The number of hydrogen-bond donors (Lipinski definition) is 1. The van der Waals surface area contributed by atoms with E-state index in [1.54, 1.807) is 29.4 Å². The lowest BCUT2D eigenvalue weighted by atomic mass is 10.5. The van der Waals surface area contributed by atoms with Crippen molar-refractivity contribution >= 4 is 35.0 Å². The van der Waals surface area contributed by atoms with Crippen LogP contribution in [0.5, 0.6) is 0 Å². The summed E-state index contributed by atoms with van der Waals surface area (Å²) in [6.07, 6.45) is 10.7. The van der Waals surface area contributed by atoms with Gasteiger partial charge in [-0.2, -0.15) is 5.10 Å². The predicted octanol–water partition coefficient (Wildman–Crippen LogP) is 2.59. The summed E-state index contributed by atoms with van der Waals surface area (Å²) < 4.78 is 4.42. The Balaban J connectivity index is 1.89. The van der Waals surface area contributed by atoms with Crippen molar-refractivity contribution in [2.45, 2.75) is 10.1 Å². The van der Waals surface area contributed by atoms with Gasteiger partial charge in [0.2, 0.25) is 0 Å². The second-order valence-corrected chi connectivity index (χ2v) is 5.52. The Labute approximate surface area is 122 Å². The van der Waals surface area contributed by atoms with E-state index in [9.17, 15) is 0 Å². The summed E-state index contributed by atoms with van der Waals surface area (Å²) >= 11 is 6.78. The van der Waals surface area contributed by atoms with Gasteiger partial charge in [-0.25, -0.2) is 14.5 Å². The average molecular weight is 300 g/mol. The molecule has 20 heavy (non-hydrogen) atoms. The first kappa shape index (κ1) is 11.6. The number of hydrogen-bond acceptors (Lipinski definition) is 5. The molecule has 0 aliphatic carbocycles. The molecule has 98 valence electrons. The van der Waals surface area contributed by atoms with Gasteiger partial charge in [0.05, 0.1) is 17.9 Å². The topological polar surface area (TPSA) is 63.3 Å². The first-order chi connectivity index (χ1) is 9.83. The van der Waals surface area contributed by atoms with E-state index in [2.05, 4.69) is 20.1 Å². The Morgan fingerprint density at radius 3 is 3.15 bits per heavy atom. The highest BCUT2D eigenvalue weighted by atomic mass is 32.2. The van der Waals surface area contributed by atoms with Crippen LogP contribution >= 0.6 is 24.0 Å². The second-order valence-electron chi connectivity index (χ2n) is 4.10. The number of imidazole rings is 1. The smallest absolute Gasteiger partial charge is 0.129 e. The lowest BCUT2D eigenvalue weighted by Crippen LogP contribution is -1.94. The molecule has 6 nitrogen and oxygen atoms in total. The summed E-state index contributed by atoms with van der Waals surface area (Å²) in [5.41, 5.74) is 1.85. The zero-order valence-corrected chi connectivity index (χ0v) is 11.7. The third kappa shape index (κ3) is 1.73. The maximum absolute atomic E-state index is 5.24. The van der Waals surface area contributed by atoms with Crippen molar-refractivity contribution in [1.29, 1.82) is 0 Å². The molecule has 1 N–H and O–H groups in total. The third-order valence-electron chi connectivity index (χ3n) is 2.93. The molecule has 4 aromatic rings. The van der Waals surface area contributed by atoms with Crippen LogP contribution in [0, 0.1) is 4.64 Å². The van der Waals surface area contributed by atoms with Crippen LogP contribution in [0.3, 0.4) is 0 Å². The Kier molecular flexibility index (Phi) is 2.57. The second kappa shape index (κ2) is 4.43. The third-order valence-corrected chi connectivity index (χ3v) is 4.28. The Morgan fingerprint density at radius 1 is 1.25 bits per heavy atom. The number of nitrogens with zero attached hydrogens (tertiary/aromatic N) is 5. The zero-order chi connectivity index (χ0) is 13.5. The van der Waals surface area contributed by atoms with Crippen molar-refractivity contribution in [1.82, 2.24) is 29.0 Å². The molecule has 4 rings (SSSR count). The largest absolute Gasteiger partial charge is 0.349 e. The molecule has 0 aliphatic heterocycles. The van der Waals surface area contributed by atoms with Gasteiger partial charge in [-0.1, -0.05) is 12.2 Å². The fraction of sp³-hybridized carbons (Fsp3) is 0. The summed E-state index contributed by atoms with van der Waals surface area (Å²) in [6.45, 7) is 0. The Bertz CT molecular complexity index is 967. The summed E-state index contributed by atoms with van der Waals surface area (Å²) in [7, 11) is 0. The molecule has 0 aromatic carbocycles. The molecular formula is C12H8N6S2. The number of H-pyrrole nitrogens is 1. The molecular weight excluding hydrogens is 292 g/mol. The van der Waals surface area contributed by atoms with Crippen molar-refractivity contribution in [2.75, 3.05) is 0 Å². The SMILES string of the molecule is S=c1[nH]cc(Sc2nccn3nccc23)n2cncc12. The average Bonchev–Trinajstić information content (AvgIpc) is 3.10. The minimum Gasteiger partial charge on any atom is -0.349 e. The van der Waals surface area contributed by atoms with Crippen LogP contribution in [0.1, 0.15) is 0 Å². The quantitative estimate of drug-likeness (QED) is 0.576. The highest BCUT2D eigenvalue weighted by Crippen LogP contribution is 2.29. The van der Waals surface area contributed by atoms with Gasteiger partial charge in [0, 0.05) is 18.6 Å². The molecule has 0 saturated carbocycles. The number of aromatic nitrogens is 6. The van der Waals surface area contributed by atoms with E-state index in [-0.39, 0.29) is 0 Å². The van der Waals surface area contributed by atoms with Gasteiger partial charge in [0.25, 0.3) is 0 Å². The van der Waals surface area contributed by atoms with Gasteiger partial charge >= 0.3 is 0 Å². The Hall–Kier alpha value is -2.19. The minimum absolute atomic E-state index is 0.669. The molecule has 8 heteroatoms. The first-order valence-electron chi connectivity index (χ1n) is 5.83. The van der Waals surface area contributed by atoms with Crippen molar-refractivity contribution in [3.63, 3.8) is 0 Å². The van der Waals surface area contributed by atoms with E-state index in [0.29, 0.717) is 4.64 Å². The van der Waals surface area contributed by atoms with E-state index < -0.39 is 0 Å². The zero-order valence-electron chi connectivity index (χ0n) is 10.1. The van der Waals surface area contributed by atoms with Gasteiger partial charge < -0.3 is 4.98 Å². The number of nitrogens with one attached hydrogen (secondary N) is 1. The molecule has 0 spiro atoms. The van der Waals surface area contributed by atoms with Gasteiger partial charge in [-0.15, -0.1) is 0 Å². The summed E-state index contributed by atoms with van der Waals surface area (Å²) in [5.74, 6) is 0. The Morgan fingerprint density at radius 2 is 2.20 bits per heavy atom. The van der Waals surface area contributed by atoms with E-state index in [0.717, 1.165) is 21.1 Å². The van der Waals surface area contributed by atoms with E-state index in [4.69, 9.17) is 12.2 Å². The van der Waals surface area contributed by atoms with E-state index >= 15 is 0 Å². The lowest BCUT2D eigenvalue weighted by molar-refractivity contribution is 0.912. The van der Waals surface area contributed by atoms with Crippen LogP contribution in [0.2, 0.25) is 0 Å². The van der Waals surface area contributed by atoms with Gasteiger partial charge in [-0.3, -0.25) is 4.40 Å². The number of aromatic amines is 1. The first-order valence-corrected chi connectivity index (χ1v) is 7.05. The maximum Gasteiger partial charge on any atom is 0.129 e. The molecule has 0 unspecified atom stereocenters.